The maximum Gasteiger partial charge on any atom is 0.0740 e. The van der Waals surface area contributed by atoms with Crippen molar-refractivity contribution in [3.05, 3.63) is 0 Å². The third-order valence-electron chi connectivity index (χ3n) is 4.05. The normalized spacial score (nSPS) is 31.6. The Morgan fingerprint density at radius 1 is 1.23 bits per heavy atom. The van der Waals surface area contributed by atoms with Crippen molar-refractivity contribution < 1.29 is 5.11 Å². The highest BCUT2D eigenvalue weighted by Gasteiger charge is 2.57. The maximum atomic E-state index is 10.5. The first-order valence-electron chi connectivity index (χ1n) is 5.23. The summed E-state index contributed by atoms with van der Waals surface area (Å²) < 4.78 is 0. The molecule has 0 spiro atoms. The molecule has 2 rings (SSSR count). The second-order valence-corrected chi connectivity index (χ2v) is 4.82. The number of likely N-dealkylation sites (tertiary alicyclic amines) is 1. The number of nitrogens with zero attached hydrogens (tertiary/aromatic N) is 1. The van der Waals surface area contributed by atoms with Gasteiger partial charge in [0.1, 0.15) is 0 Å². The molecular formula is C10H20N2O. The Balaban J connectivity index is 2.04. The van der Waals surface area contributed by atoms with E-state index in [9.17, 15) is 5.11 Å². The number of piperidine rings is 1. The highest BCUT2D eigenvalue weighted by atomic mass is 16.3. The van der Waals surface area contributed by atoms with Crippen LogP contribution >= 0.6 is 0 Å². The molecule has 0 atom stereocenters. The minimum absolute atomic E-state index is 0.0915. The Bertz CT molecular complexity index is 193. The number of rotatable bonds is 2. The van der Waals surface area contributed by atoms with Gasteiger partial charge in [-0.1, -0.05) is 0 Å². The molecule has 3 heteroatoms. The lowest BCUT2D eigenvalue weighted by Gasteiger charge is -2.42. The topological polar surface area (TPSA) is 49.5 Å². The Morgan fingerprint density at radius 2 is 1.77 bits per heavy atom. The summed E-state index contributed by atoms with van der Waals surface area (Å²) in [6.45, 7) is 2.68. The first kappa shape index (κ1) is 9.44. The SMILES string of the molecule is CN1CCC(O)(C2(CN)CC2)CC1. The fraction of sp³-hybridized carbons (Fsp3) is 1.00. The van der Waals surface area contributed by atoms with Crippen LogP contribution in [0.25, 0.3) is 0 Å². The van der Waals surface area contributed by atoms with E-state index in [2.05, 4.69) is 11.9 Å². The zero-order valence-electron chi connectivity index (χ0n) is 8.42. The van der Waals surface area contributed by atoms with Crippen LogP contribution in [-0.4, -0.2) is 42.3 Å². The van der Waals surface area contributed by atoms with E-state index < -0.39 is 5.60 Å². The fourth-order valence-corrected chi connectivity index (χ4v) is 2.53. The van der Waals surface area contributed by atoms with E-state index in [0.717, 1.165) is 38.8 Å². The van der Waals surface area contributed by atoms with Gasteiger partial charge in [0.2, 0.25) is 0 Å². The molecule has 0 radical (unpaired) electrons. The fourth-order valence-electron chi connectivity index (χ4n) is 2.53. The van der Waals surface area contributed by atoms with Crippen molar-refractivity contribution in [2.24, 2.45) is 11.1 Å². The summed E-state index contributed by atoms with van der Waals surface area (Å²) in [7, 11) is 2.11. The molecule has 1 saturated carbocycles. The van der Waals surface area contributed by atoms with Crippen molar-refractivity contribution in [1.29, 1.82) is 0 Å². The molecule has 0 amide bonds. The van der Waals surface area contributed by atoms with Crippen LogP contribution in [0.2, 0.25) is 0 Å². The molecule has 1 aliphatic heterocycles. The molecule has 2 aliphatic rings. The zero-order valence-corrected chi connectivity index (χ0v) is 8.42. The lowest BCUT2D eigenvalue weighted by Crippen LogP contribution is -2.51. The number of hydrogen-bond donors (Lipinski definition) is 2. The Morgan fingerprint density at radius 3 is 2.15 bits per heavy atom. The van der Waals surface area contributed by atoms with Crippen LogP contribution in [0.4, 0.5) is 0 Å². The van der Waals surface area contributed by atoms with Crippen LogP contribution < -0.4 is 5.73 Å². The van der Waals surface area contributed by atoms with Crippen molar-refractivity contribution in [2.45, 2.75) is 31.3 Å². The first-order chi connectivity index (χ1) is 6.12. The molecule has 3 nitrogen and oxygen atoms in total. The second kappa shape index (κ2) is 2.94. The third-order valence-corrected chi connectivity index (χ3v) is 4.05. The molecule has 1 heterocycles. The average molecular weight is 184 g/mol. The van der Waals surface area contributed by atoms with Gasteiger partial charge in [0.15, 0.2) is 0 Å². The molecule has 0 bridgehead atoms. The molecule has 0 aromatic carbocycles. The van der Waals surface area contributed by atoms with Crippen molar-refractivity contribution in [1.82, 2.24) is 4.90 Å². The summed E-state index contributed by atoms with van der Waals surface area (Å²) in [5.41, 5.74) is 5.39. The number of hydrogen-bond acceptors (Lipinski definition) is 3. The van der Waals surface area contributed by atoms with Gasteiger partial charge in [-0.05, 0) is 32.7 Å². The molecule has 0 aromatic heterocycles. The van der Waals surface area contributed by atoms with Gasteiger partial charge >= 0.3 is 0 Å². The van der Waals surface area contributed by atoms with Gasteiger partial charge in [0.05, 0.1) is 5.60 Å². The molecule has 76 valence electrons. The predicted octanol–water partition coefficient (Wildman–Crippen LogP) is 0.182. The van der Waals surface area contributed by atoms with E-state index >= 15 is 0 Å². The summed E-state index contributed by atoms with van der Waals surface area (Å²) in [5, 5.41) is 10.5. The van der Waals surface area contributed by atoms with E-state index in [1.807, 2.05) is 0 Å². The molecular weight excluding hydrogens is 164 g/mol. The Labute approximate surface area is 79.9 Å². The largest absolute Gasteiger partial charge is 0.389 e. The highest BCUT2D eigenvalue weighted by molar-refractivity contribution is 5.10. The van der Waals surface area contributed by atoms with Crippen molar-refractivity contribution >= 4 is 0 Å². The van der Waals surface area contributed by atoms with Crippen LogP contribution in [-0.2, 0) is 0 Å². The molecule has 3 N–H and O–H groups in total. The van der Waals surface area contributed by atoms with Crippen LogP contribution in [0, 0.1) is 5.41 Å². The van der Waals surface area contributed by atoms with Crippen molar-refractivity contribution in [3.63, 3.8) is 0 Å². The van der Waals surface area contributed by atoms with Gasteiger partial charge < -0.3 is 15.7 Å². The predicted molar refractivity (Wildman–Crippen MR) is 52.4 cm³/mol. The summed E-state index contributed by atoms with van der Waals surface area (Å²) in [5.74, 6) is 0. The van der Waals surface area contributed by atoms with Crippen LogP contribution in [0.15, 0.2) is 0 Å². The molecule has 0 aromatic rings. The van der Waals surface area contributed by atoms with Gasteiger partial charge in [-0.15, -0.1) is 0 Å². The van der Waals surface area contributed by atoms with Gasteiger partial charge in [0, 0.05) is 25.0 Å². The Hall–Kier alpha value is -0.120. The smallest absolute Gasteiger partial charge is 0.0740 e. The van der Waals surface area contributed by atoms with E-state index in [1.165, 1.54) is 0 Å². The number of nitrogens with two attached hydrogens (primary N) is 1. The minimum Gasteiger partial charge on any atom is -0.389 e. The quantitative estimate of drug-likeness (QED) is 0.644. The van der Waals surface area contributed by atoms with E-state index in [4.69, 9.17) is 5.73 Å². The maximum absolute atomic E-state index is 10.5. The van der Waals surface area contributed by atoms with E-state index in [0.29, 0.717) is 6.54 Å². The molecule has 13 heavy (non-hydrogen) atoms. The standard InChI is InChI=1S/C10H20N2O/c1-12-6-4-10(13,5-7-12)9(8-11)2-3-9/h13H,2-8,11H2,1H3. The van der Waals surface area contributed by atoms with Gasteiger partial charge in [-0.3, -0.25) is 0 Å². The molecule has 2 fully saturated rings. The Kier molecular flexibility index (Phi) is 2.13. The molecule has 1 saturated heterocycles. The summed E-state index contributed by atoms with van der Waals surface area (Å²) >= 11 is 0. The van der Waals surface area contributed by atoms with Gasteiger partial charge in [-0.25, -0.2) is 0 Å². The monoisotopic (exact) mass is 184 g/mol. The first-order valence-corrected chi connectivity index (χ1v) is 5.23. The van der Waals surface area contributed by atoms with Crippen LogP contribution in [0.5, 0.6) is 0 Å². The summed E-state index contributed by atoms with van der Waals surface area (Å²) in [4.78, 5) is 2.28. The third kappa shape index (κ3) is 1.39. The number of aliphatic hydroxyl groups is 1. The van der Waals surface area contributed by atoms with Crippen molar-refractivity contribution in [3.8, 4) is 0 Å². The molecule has 0 unspecified atom stereocenters. The molecule has 1 aliphatic carbocycles. The lowest BCUT2D eigenvalue weighted by molar-refractivity contribution is -0.0723. The van der Waals surface area contributed by atoms with Crippen molar-refractivity contribution in [2.75, 3.05) is 26.7 Å². The van der Waals surface area contributed by atoms with E-state index in [-0.39, 0.29) is 5.41 Å². The highest BCUT2D eigenvalue weighted by Crippen LogP contribution is 2.56. The average Bonchev–Trinajstić information content (AvgIpc) is 2.91. The minimum atomic E-state index is -0.450. The van der Waals surface area contributed by atoms with Crippen LogP contribution in [0.3, 0.4) is 0 Å². The second-order valence-electron chi connectivity index (χ2n) is 4.82. The van der Waals surface area contributed by atoms with E-state index in [1.54, 1.807) is 0 Å². The van der Waals surface area contributed by atoms with Gasteiger partial charge in [0.25, 0.3) is 0 Å². The summed E-state index contributed by atoms with van der Waals surface area (Å²) in [6.07, 6.45) is 4.06. The lowest BCUT2D eigenvalue weighted by atomic mass is 9.77. The summed E-state index contributed by atoms with van der Waals surface area (Å²) in [6, 6.07) is 0. The van der Waals surface area contributed by atoms with Gasteiger partial charge in [-0.2, -0.15) is 0 Å². The van der Waals surface area contributed by atoms with Crippen LogP contribution in [0.1, 0.15) is 25.7 Å². The zero-order chi connectivity index (χ0) is 9.53.